The fourth-order valence-electron chi connectivity index (χ4n) is 1.32. The first-order valence-electron chi connectivity index (χ1n) is 5.06. The molecular formula is C10H14BrF3N2S. The number of hydrogen-bond donors (Lipinski definition) is 1. The number of alkyl halides is 3. The number of hydrogen-bond acceptors (Lipinski definition) is 3. The van der Waals surface area contributed by atoms with E-state index in [4.69, 9.17) is 0 Å². The van der Waals surface area contributed by atoms with E-state index in [0.717, 1.165) is 10.3 Å². The van der Waals surface area contributed by atoms with Crippen LogP contribution in [-0.4, -0.2) is 37.8 Å². The van der Waals surface area contributed by atoms with Gasteiger partial charge in [-0.2, -0.15) is 13.2 Å². The molecule has 0 saturated heterocycles. The summed E-state index contributed by atoms with van der Waals surface area (Å²) in [5.41, 5.74) is 1.17. The summed E-state index contributed by atoms with van der Waals surface area (Å²) >= 11 is 4.97. The number of thiophene rings is 1. The van der Waals surface area contributed by atoms with Gasteiger partial charge in [0.2, 0.25) is 0 Å². The van der Waals surface area contributed by atoms with Gasteiger partial charge < -0.3 is 10.2 Å². The van der Waals surface area contributed by atoms with E-state index in [1.165, 1.54) is 5.56 Å². The van der Waals surface area contributed by atoms with Crippen LogP contribution in [0.3, 0.4) is 0 Å². The lowest BCUT2D eigenvalue weighted by molar-refractivity contribution is -0.124. The fraction of sp³-hybridized carbons (Fsp3) is 0.600. The third kappa shape index (κ3) is 7.03. The number of rotatable bonds is 6. The van der Waals surface area contributed by atoms with E-state index in [2.05, 4.69) is 21.2 Å². The molecule has 0 unspecified atom stereocenters. The second kappa shape index (κ2) is 6.72. The van der Waals surface area contributed by atoms with Gasteiger partial charge in [-0.3, -0.25) is 0 Å². The van der Waals surface area contributed by atoms with Crippen LogP contribution in [0.4, 0.5) is 13.2 Å². The molecule has 0 saturated carbocycles. The average molecular weight is 331 g/mol. The van der Waals surface area contributed by atoms with E-state index < -0.39 is 12.7 Å². The number of likely N-dealkylation sites (N-methyl/N-ethyl adjacent to an activating group) is 1. The van der Waals surface area contributed by atoms with Crippen LogP contribution in [0, 0.1) is 0 Å². The monoisotopic (exact) mass is 330 g/mol. The maximum absolute atomic E-state index is 11.8. The maximum atomic E-state index is 11.8. The van der Waals surface area contributed by atoms with E-state index in [-0.39, 0.29) is 0 Å². The van der Waals surface area contributed by atoms with Gasteiger partial charge in [0.1, 0.15) is 0 Å². The van der Waals surface area contributed by atoms with Crippen LogP contribution >= 0.6 is 27.3 Å². The van der Waals surface area contributed by atoms with Crippen LogP contribution < -0.4 is 5.32 Å². The van der Waals surface area contributed by atoms with Crippen molar-refractivity contribution in [3.8, 4) is 0 Å². The van der Waals surface area contributed by atoms with Gasteiger partial charge in [0.25, 0.3) is 0 Å². The molecule has 0 radical (unpaired) electrons. The minimum Gasteiger partial charge on any atom is -0.307 e. The Labute approximate surface area is 111 Å². The summed E-state index contributed by atoms with van der Waals surface area (Å²) < 4.78 is 36.6. The molecule has 0 aliphatic rings. The summed E-state index contributed by atoms with van der Waals surface area (Å²) in [6, 6.07) is 2.02. The first-order chi connectivity index (χ1) is 7.87. The normalized spacial score (nSPS) is 12.4. The van der Waals surface area contributed by atoms with Crippen molar-refractivity contribution in [2.45, 2.75) is 12.7 Å². The molecule has 0 aromatic carbocycles. The van der Waals surface area contributed by atoms with Crippen LogP contribution in [0.5, 0.6) is 0 Å². The minimum absolute atomic E-state index is 0.335. The SMILES string of the molecule is CN(CCNCC(F)(F)F)Cc1csc(Br)c1. The average Bonchev–Trinajstić information content (AvgIpc) is 2.57. The van der Waals surface area contributed by atoms with Crippen molar-refractivity contribution in [2.24, 2.45) is 0 Å². The van der Waals surface area contributed by atoms with Crippen molar-refractivity contribution in [3.63, 3.8) is 0 Å². The molecule has 0 amide bonds. The van der Waals surface area contributed by atoms with Crippen molar-refractivity contribution in [1.82, 2.24) is 10.2 Å². The number of nitrogens with zero attached hydrogens (tertiary/aromatic N) is 1. The van der Waals surface area contributed by atoms with Gasteiger partial charge in [0.15, 0.2) is 0 Å². The highest BCUT2D eigenvalue weighted by atomic mass is 79.9. The first-order valence-corrected chi connectivity index (χ1v) is 6.73. The van der Waals surface area contributed by atoms with Gasteiger partial charge >= 0.3 is 6.18 Å². The molecule has 1 aromatic rings. The van der Waals surface area contributed by atoms with Crippen LogP contribution in [0.1, 0.15) is 5.56 Å². The summed E-state index contributed by atoms with van der Waals surface area (Å²) in [6.45, 7) is 0.742. The smallest absolute Gasteiger partial charge is 0.307 e. The topological polar surface area (TPSA) is 15.3 Å². The maximum Gasteiger partial charge on any atom is 0.401 e. The molecule has 1 rings (SSSR count). The van der Waals surface area contributed by atoms with Gasteiger partial charge in [-0.05, 0) is 40.0 Å². The predicted molar refractivity (Wildman–Crippen MR) is 67.3 cm³/mol. The Kier molecular flexibility index (Phi) is 5.91. The Morgan fingerprint density at radius 3 is 2.71 bits per heavy atom. The third-order valence-electron chi connectivity index (χ3n) is 2.07. The van der Waals surface area contributed by atoms with Gasteiger partial charge in [-0.15, -0.1) is 11.3 Å². The Balaban J connectivity index is 2.15. The van der Waals surface area contributed by atoms with Crippen molar-refractivity contribution in [2.75, 3.05) is 26.7 Å². The standard InChI is InChI=1S/C10H14BrF3N2S/c1-16(3-2-15-7-10(12,13)14)5-8-4-9(11)17-6-8/h4,6,15H,2-3,5,7H2,1H3. The Hall–Kier alpha value is -0.110. The largest absolute Gasteiger partial charge is 0.401 e. The summed E-state index contributed by atoms with van der Waals surface area (Å²) in [5.74, 6) is 0. The Bertz CT molecular complexity index is 341. The molecule has 0 fully saturated rings. The molecule has 1 N–H and O–H groups in total. The number of halogens is 4. The zero-order valence-corrected chi connectivity index (χ0v) is 11.8. The molecule has 1 heterocycles. The third-order valence-corrected chi connectivity index (χ3v) is 3.62. The Morgan fingerprint density at radius 1 is 1.47 bits per heavy atom. The van der Waals surface area contributed by atoms with Crippen molar-refractivity contribution in [3.05, 3.63) is 20.8 Å². The minimum atomic E-state index is -4.13. The molecule has 0 bridgehead atoms. The molecule has 0 spiro atoms. The molecule has 0 atom stereocenters. The lowest BCUT2D eigenvalue weighted by atomic mass is 10.3. The van der Waals surface area contributed by atoms with E-state index >= 15 is 0 Å². The summed E-state index contributed by atoms with van der Waals surface area (Å²) in [4.78, 5) is 1.98. The van der Waals surface area contributed by atoms with Crippen LogP contribution in [0.2, 0.25) is 0 Å². The summed E-state index contributed by atoms with van der Waals surface area (Å²) in [7, 11) is 1.89. The zero-order valence-electron chi connectivity index (χ0n) is 9.35. The molecule has 0 aliphatic heterocycles. The molecule has 0 aliphatic carbocycles. The Morgan fingerprint density at radius 2 is 2.18 bits per heavy atom. The first kappa shape index (κ1) is 14.9. The van der Waals surface area contributed by atoms with Crippen molar-refractivity contribution < 1.29 is 13.2 Å². The fourth-order valence-corrected chi connectivity index (χ4v) is 2.52. The van der Waals surface area contributed by atoms with Gasteiger partial charge in [-0.1, -0.05) is 0 Å². The molecule has 2 nitrogen and oxygen atoms in total. The highest BCUT2D eigenvalue weighted by molar-refractivity contribution is 9.11. The molecule has 1 aromatic heterocycles. The second-order valence-electron chi connectivity index (χ2n) is 3.79. The van der Waals surface area contributed by atoms with Gasteiger partial charge in [0, 0.05) is 19.6 Å². The zero-order chi connectivity index (χ0) is 12.9. The van der Waals surface area contributed by atoms with Crippen LogP contribution in [0.15, 0.2) is 15.2 Å². The lowest BCUT2D eigenvalue weighted by Gasteiger charge is -2.16. The number of nitrogens with one attached hydrogen (secondary N) is 1. The summed E-state index contributed by atoms with van der Waals surface area (Å²) in [6.07, 6.45) is -4.13. The molecule has 17 heavy (non-hydrogen) atoms. The van der Waals surface area contributed by atoms with Crippen LogP contribution in [-0.2, 0) is 6.54 Å². The van der Waals surface area contributed by atoms with Crippen LogP contribution in [0.25, 0.3) is 0 Å². The highest BCUT2D eigenvalue weighted by Crippen LogP contribution is 2.21. The van der Waals surface area contributed by atoms with Crippen molar-refractivity contribution in [1.29, 1.82) is 0 Å². The van der Waals surface area contributed by atoms with E-state index in [9.17, 15) is 13.2 Å². The van der Waals surface area contributed by atoms with E-state index in [0.29, 0.717) is 13.1 Å². The second-order valence-corrected chi connectivity index (χ2v) is 6.08. The van der Waals surface area contributed by atoms with Gasteiger partial charge in [0.05, 0.1) is 10.3 Å². The molecule has 98 valence electrons. The van der Waals surface area contributed by atoms with Gasteiger partial charge in [-0.25, -0.2) is 0 Å². The van der Waals surface area contributed by atoms with Crippen molar-refractivity contribution >= 4 is 27.3 Å². The highest BCUT2D eigenvalue weighted by Gasteiger charge is 2.25. The lowest BCUT2D eigenvalue weighted by Crippen LogP contribution is -2.34. The van der Waals surface area contributed by atoms with E-state index in [1.54, 1.807) is 11.3 Å². The quantitative estimate of drug-likeness (QED) is 0.806. The molecule has 7 heteroatoms. The summed E-state index contributed by atoms with van der Waals surface area (Å²) in [5, 5.41) is 4.41. The molecular weight excluding hydrogens is 317 g/mol. The predicted octanol–water partition coefficient (Wildman–Crippen LogP) is 3.09. The van der Waals surface area contributed by atoms with E-state index in [1.807, 2.05) is 23.4 Å².